The quantitative estimate of drug-likeness (QED) is 0.860. The van der Waals surface area contributed by atoms with Crippen molar-refractivity contribution in [2.45, 2.75) is 33.2 Å². The van der Waals surface area contributed by atoms with E-state index in [4.69, 9.17) is 0 Å². The highest BCUT2D eigenvalue weighted by atomic mass is 32.2. The molecule has 0 aromatic heterocycles. The summed E-state index contributed by atoms with van der Waals surface area (Å²) in [6.07, 6.45) is 0.635. The molecule has 4 heteroatoms. The Hall–Kier alpha value is -0.870. The molecule has 0 radical (unpaired) electrons. The van der Waals surface area contributed by atoms with E-state index in [0.29, 0.717) is 6.42 Å². The summed E-state index contributed by atoms with van der Waals surface area (Å²) in [4.78, 5) is 0. The van der Waals surface area contributed by atoms with E-state index in [1.165, 1.54) is 0 Å². The second kappa shape index (κ2) is 5.46. The van der Waals surface area contributed by atoms with Crippen molar-refractivity contribution in [1.82, 2.24) is 4.72 Å². The van der Waals surface area contributed by atoms with Crippen molar-refractivity contribution in [1.29, 1.82) is 0 Å². The molecule has 0 fully saturated rings. The highest BCUT2D eigenvalue weighted by Crippen LogP contribution is 2.14. The third-order valence-electron chi connectivity index (χ3n) is 2.37. The molecule has 0 saturated heterocycles. The first-order valence-corrected chi connectivity index (χ1v) is 7.16. The molecular weight excluding hydrogens is 222 g/mol. The van der Waals surface area contributed by atoms with Crippen molar-refractivity contribution in [2.75, 3.05) is 5.75 Å². The van der Waals surface area contributed by atoms with Gasteiger partial charge in [-0.05, 0) is 25.8 Å². The Morgan fingerprint density at radius 2 is 2.06 bits per heavy atom. The Morgan fingerprint density at radius 1 is 1.38 bits per heavy atom. The summed E-state index contributed by atoms with van der Waals surface area (Å²) in [5.74, 6) is 0.184. The molecule has 3 nitrogen and oxygen atoms in total. The molecule has 1 N–H and O–H groups in total. The van der Waals surface area contributed by atoms with Crippen LogP contribution in [-0.4, -0.2) is 14.2 Å². The number of hydrogen-bond donors (Lipinski definition) is 1. The van der Waals surface area contributed by atoms with Gasteiger partial charge in [0.2, 0.25) is 10.0 Å². The first-order chi connectivity index (χ1) is 7.44. The van der Waals surface area contributed by atoms with Crippen molar-refractivity contribution in [3.8, 4) is 0 Å². The average Bonchev–Trinajstić information content (AvgIpc) is 2.16. The fourth-order valence-corrected chi connectivity index (χ4v) is 2.93. The molecule has 1 atom stereocenters. The third-order valence-corrected chi connectivity index (χ3v) is 4.03. The van der Waals surface area contributed by atoms with Crippen LogP contribution in [0.1, 0.15) is 37.4 Å². The predicted octanol–water partition coefficient (Wildman–Crippen LogP) is 2.39. The minimum Gasteiger partial charge on any atom is -0.212 e. The molecule has 0 heterocycles. The van der Waals surface area contributed by atoms with Crippen LogP contribution in [0.3, 0.4) is 0 Å². The van der Waals surface area contributed by atoms with E-state index in [2.05, 4.69) is 4.72 Å². The summed E-state index contributed by atoms with van der Waals surface area (Å²) in [5, 5.41) is 0. The Balaban J connectivity index is 2.76. The zero-order valence-corrected chi connectivity index (χ0v) is 10.8. The standard InChI is InChI=1S/C12H19NO2S/c1-4-8-16(14,15)13-11(3)12-7-5-6-10(2)9-12/h5-7,9,11,13H,4,8H2,1-3H3/t11-/m1/s1. The first-order valence-electron chi connectivity index (χ1n) is 5.51. The van der Waals surface area contributed by atoms with E-state index in [0.717, 1.165) is 11.1 Å². The molecule has 0 saturated carbocycles. The van der Waals surface area contributed by atoms with Gasteiger partial charge in [-0.1, -0.05) is 36.8 Å². The Morgan fingerprint density at radius 3 is 2.62 bits per heavy atom. The lowest BCUT2D eigenvalue weighted by Gasteiger charge is -2.14. The largest absolute Gasteiger partial charge is 0.212 e. The van der Waals surface area contributed by atoms with Crippen LogP contribution in [0.4, 0.5) is 0 Å². The molecule has 0 aliphatic rings. The number of rotatable bonds is 5. The van der Waals surface area contributed by atoms with Gasteiger partial charge < -0.3 is 0 Å². The zero-order chi connectivity index (χ0) is 12.2. The van der Waals surface area contributed by atoms with Gasteiger partial charge in [-0.15, -0.1) is 0 Å². The summed E-state index contributed by atoms with van der Waals surface area (Å²) >= 11 is 0. The topological polar surface area (TPSA) is 46.2 Å². The summed E-state index contributed by atoms with van der Waals surface area (Å²) < 4.78 is 25.8. The van der Waals surface area contributed by atoms with Crippen LogP contribution in [0, 0.1) is 6.92 Å². The number of benzene rings is 1. The summed E-state index contributed by atoms with van der Waals surface area (Å²) in [5.41, 5.74) is 2.14. The monoisotopic (exact) mass is 241 g/mol. The molecule has 16 heavy (non-hydrogen) atoms. The molecule has 1 aromatic carbocycles. The van der Waals surface area contributed by atoms with Crippen LogP contribution in [0.2, 0.25) is 0 Å². The van der Waals surface area contributed by atoms with E-state index in [-0.39, 0.29) is 11.8 Å². The first kappa shape index (κ1) is 13.2. The average molecular weight is 241 g/mol. The zero-order valence-electron chi connectivity index (χ0n) is 10.0. The summed E-state index contributed by atoms with van der Waals surface area (Å²) in [6, 6.07) is 7.70. The molecule has 1 aromatic rings. The van der Waals surface area contributed by atoms with Gasteiger partial charge in [-0.25, -0.2) is 13.1 Å². The third kappa shape index (κ3) is 3.94. The van der Waals surface area contributed by atoms with E-state index in [9.17, 15) is 8.42 Å². The second-order valence-corrected chi connectivity index (χ2v) is 5.95. The van der Waals surface area contributed by atoms with Gasteiger partial charge in [0.05, 0.1) is 5.75 Å². The lowest BCUT2D eigenvalue weighted by molar-refractivity contribution is 0.565. The van der Waals surface area contributed by atoms with Gasteiger partial charge in [0.25, 0.3) is 0 Å². The fourth-order valence-electron chi connectivity index (χ4n) is 1.60. The minimum atomic E-state index is -3.14. The van der Waals surface area contributed by atoms with Crippen molar-refractivity contribution in [2.24, 2.45) is 0 Å². The lowest BCUT2D eigenvalue weighted by atomic mass is 10.1. The lowest BCUT2D eigenvalue weighted by Crippen LogP contribution is -2.28. The molecule has 0 spiro atoms. The van der Waals surface area contributed by atoms with E-state index in [1.807, 2.05) is 45.0 Å². The van der Waals surface area contributed by atoms with Gasteiger partial charge in [0, 0.05) is 6.04 Å². The van der Waals surface area contributed by atoms with Crippen LogP contribution in [0.15, 0.2) is 24.3 Å². The summed E-state index contributed by atoms with van der Waals surface area (Å²) in [7, 11) is -3.14. The number of nitrogens with one attached hydrogen (secondary N) is 1. The Labute approximate surface area is 97.9 Å². The maximum absolute atomic E-state index is 11.6. The van der Waals surface area contributed by atoms with Crippen LogP contribution in [0.25, 0.3) is 0 Å². The molecule has 0 bridgehead atoms. The van der Waals surface area contributed by atoms with Gasteiger partial charge in [-0.3, -0.25) is 0 Å². The molecule has 0 aliphatic heterocycles. The maximum Gasteiger partial charge on any atom is 0.212 e. The van der Waals surface area contributed by atoms with Crippen molar-refractivity contribution in [3.05, 3.63) is 35.4 Å². The van der Waals surface area contributed by atoms with Gasteiger partial charge in [0.1, 0.15) is 0 Å². The molecule has 0 amide bonds. The molecule has 0 aliphatic carbocycles. The van der Waals surface area contributed by atoms with Crippen LogP contribution < -0.4 is 4.72 Å². The second-order valence-electron chi connectivity index (χ2n) is 4.07. The molecule has 0 unspecified atom stereocenters. The minimum absolute atomic E-state index is 0.170. The van der Waals surface area contributed by atoms with Gasteiger partial charge in [0.15, 0.2) is 0 Å². The highest BCUT2D eigenvalue weighted by molar-refractivity contribution is 7.89. The van der Waals surface area contributed by atoms with Crippen LogP contribution in [0.5, 0.6) is 0 Å². The number of sulfonamides is 1. The Bertz CT molecular complexity index is 440. The molecule has 1 rings (SSSR count). The van der Waals surface area contributed by atoms with E-state index in [1.54, 1.807) is 0 Å². The smallest absolute Gasteiger partial charge is 0.212 e. The fraction of sp³-hybridized carbons (Fsp3) is 0.500. The molecule has 90 valence electrons. The van der Waals surface area contributed by atoms with E-state index < -0.39 is 10.0 Å². The summed E-state index contributed by atoms with van der Waals surface area (Å²) in [6.45, 7) is 5.72. The number of hydrogen-bond acceptors (Lipinski definition) is 2. The van der Waals surface area contributed by atoms with Crippen LogP contribution >= 0.6 is 0 Å². The van der Waals surface area contributed by atoms with Crippen molar-refractivity contribution in [3.63, 3.8) is 0 Å². The normalized spacial score (nSPS) is 13.7. The Kier molecular flexibility index (Phi) is 4.50. The van der Waals surface area contributed by atoms with Crippen molar-refractivity contribution >= 4 is 10.0 Å². The van der Waals surface area contributed by atoms with Gasteiger partial charge in [-0.2, -0.15) is 0 Å². The highest BCUT2D eigenvalue weighted by Gasteiger charge is 2.14. The number of aryl methyl sites for hydroxylation is 1. The SMILES string of the molecule is CCCS(=O)(=O)N[C@H](C)c1cccc(C)c1. The van der Waals surface area contributed by atoms with Crippen molar-refractivity contribution < 1.29 is 8.42 Å². The predicted molar refractivity (Wildman–Crippen MR) is 66.8 cm³/mol. The maximum atomic E-state index is 11.6. The van der Waals surface area contributed by atoms with Gasteiger partial charge >= 0.3 is 0 Å². The van der Waals surface area contributed by atoms with Crippen LogP contribution in [-0.2, 0) is 10.0 Å². The molecular formula is C12H19NO2S. The van der Waals surface area contributed by atoms with E-state index >= 15 is 0 Å².